The Morgan fingerprint density at radius 1 is 1.45 bits per heavy atom. The summed E-state index contributed by atoms with van der Waals surface area (Å²) in [6, 6.07) is 4.29. The van der Waals surface area contributed by atoms with Crippen LogP contribution in [0.4, 0.5) is 4.39 Å². The van der Waals surface area contributed by atoms with Crippen LogP contribution >= 0.6 is 0 Å². The summed E-state index contributed by atoms with van der Waals surface area (Å²) in [7, 11) is 0. The Balaban J connectivity index is 2.66. The lowest BCUT2D eigenvalue weighted by molar-refractivity contribution is -0.144. The number of likely N-dealkylation sites (N-methyl/N-ethyl adjacent to an activating group) is 1. The van der Waals surface area contributed by atoms with E-state index in [0.29, 0.717) is 30.8 Å². The summed E-state index contributed by atoms with van der Waals surface area (Å²) in [5, 5.41) is 10.2. The van der Waals surface area contributed by atoms with Gasteiger partial charge in [-0.25, -0.2) is 4.39 Å². The number of halogens is 1. The summed E-state index contributed by atoms with van der Waals surface area (Å²) in [5.74, 6) is -0.630. The molecule has 0 radical (unpaired) electrons. The molecule has 0 heterocycles. The fourth-order valence-electron chi connectivity index (χ4n) is 2.05. The van der Waals surface area contributed by atoms with Gasteiger partial charge >= 0.3 is 5.97 Å². The van der Waals surface area contributed by atoms with Crippen LogP contribution in [-0.4, -0.2) is 42.2 Å². The van der Waals surface area contributed by atoms with Crippen molar-refractivity contribution >= 4 is 5.97 Å². The van der Waals surface area contributed by atoms with E-state index in [1.807, 2.05) is 6.92 Å². The topological polar surface area (TPSA) is 49.8 Å². The quantitative estimate of drug-likeness (QED) is 0.778. The molecule has 0 spiro atoms. The van der Waals surface area contributed by atoms with Gasteiger partial charge in [0.1, 0.15) is 5.82 Å². The molecule has 0 bridgehead atoms. The van der Waals surface area contributed by atoms with E-state index in [2.05, 4.69) is 0 Å². The smallest absolute Gasteiger partial charge is 0.320 e. The molecule has 0 saturated carbocycles. The van der Waals surface area contributed by atoms with Crippen LogP contribution in [0, 0.1) is 12.7 Å². The highest BCUT2D eigenvalue weighted by Gasteiger charge is 2.17. The number of nitrogens with zero attached hydrogens (tertiary/aromatic N) is 1. The van der Waals surface area contributed by atoms with Crippen molar-refractivity contribution in [2.45, 2.75) is 26.9 Å². The molecule has 112 valence electrons. The summed E-state index contributed by atoms with van der Waals surface area (Å²) in [5.41, 5.74) is 1.37. The number of aliphatic hydroxyl groups is 1. The maximum Gasteiger partial charge on any atom is 0.320 e. The SMILES string of the molecule is CCOC(=O)CN(CC)CC(O)c1ccc(F)cc1C. The van der Waals surface area contributed by atoms with Gasteiger partial charge < -0.3 is 9.84 Å². The standard InChI is InChI=1S/C15H22FNO3/c1-4-17(10-15(19)20-5-2)9-14(18)13-7-6-12(16)8-11(13)3/h6-8,14,18H,4-5,9-10H2,1-3H3. The Morgan fingerprint density at radius 2 is 2.15 bits per heavy atom. The summed E-state index contributed by atoms with van der Waals surface area (Å²) in [4.78, 5) is 13.2. The molecule has 0 amide bonds. The molecular formula is C15H22FNO3. The summed E-state index contributed by atoms with van der Waals surface area (Å²) in [6.45, 7) is 6.83. The molecule has 0 aliphatic rings. The highest BCUT2D eigenvalue weighted by molar-refractivity contribution is 5.71. The van der Waals surface area contributed by atoms with Gasteiger partial charge in [-0.1, -0.05) is 13.0 Å². The van der Waals surface area contributed by atoms with Crippen LogP contribution in [0.15, 0.2) is 18.2 Å². The van der Waals surface area contributed by atoms with Gasteiger partial charge in [-0.3, -0.25) is 9.69 Å². The van der Waals surface area contributed by atoms with E-state index >= 15 is 0 Å². The number of aliphatic hydroxyl groups excluding tert-OH is 1. The van der Waals surface area contributed by atoms with Crippen molar-refractivity contribution in [2.75, 3.05) is 26.2 Å². The number of ether oxygens (including phenoxy) is 1. The van der Waals surface area contributed by atoms with Gasteiger partial charge in [0.05, 0.1) is 19.3 Å². The van der Waals surface area contributed by atoms with Crippen molar-refractivity contribution in [2.24, 2.45) is 0 Å². The predicted octanol–water partition coefficient (Wildman–Crippen LogP) is 2.05. The molecule has 0 fully saturated rings. The second kappa shape index (κ2) is 7.97. The van der Waals surface area contributed by atoms with Crippen molar-refractivity contribution in [3.05, 3.63) is 35.1 Å². The minimum atomic E-state index is -0.759. The van der Waals surface area contributed by atoms with Crippen molar-refractivity contribution in [3.8, 4) is 0 Å². The Bertz CT molecular complexity index is 451. The predicted molar refractivity (Wildman–Crippen MR) is 74.8 cm³/mol. The highest BCUT2D eigenvalue weighted by Crippen LogP contribution is 2.19. The number of carbonyl (C=O) groups excluding carboxylic acids is 1. The molecule has 20 heavy (non-hydrogen) atoms. The van der Waals surface area contributed by atoms with Gasteiger partial charge in [0.2, 0.25) is 0 Å². The maximum atomic E-state index is 13.0. The second-order valence-corrected chi connectivity index (χ2v) is 4.65. The molecule has 1 aromatic rings. The number of aryl methyl sites for hydroxylation is 1. The van der Waals surface area contributed by atoms with E-state index in [-0.39, 0.29) is 18.3 Å². The number of hydrogen-bond acceptors (Lipinski definition) is 4. The first-order valence-corrected chi connectivity index (χ1v) is 6.80. The lowest BCUT2D eigenvalue weighted by Crippen LogP contribution is -2.34. The molecule has 0 aromatic heterocycles. The number of rotatable bonds is 7. The van der Waals surface area contributed by atoms with E-state index < -0.39 is 6.10 Å². The molecule has 0 saturated heterocycles. The molecule has 1 aromatic carbocycles. The summed E-state index contributed by atoms with van der Waals surface area (Å²) in [6.07, 6.45) is -0.759. The first-order chi connectivity index (χ1) is 9.47. The normalized spacial score (nSPS) is 12.5. The average Bonchev–Trinajstić information content (AvgIpc) is 2.37. The number of benzene rings is 1. The van der Waals surface area contributed by atoms with Crippen LogP contribution < -0.4 is 0 Å². The Morgan fingerprint density at radius 3 is 2.70 bits per heavy atom. The largest absolute Gasteiger partial charge is 0.465 e. The van der Waals surface area contributed by atoms with Crippen LogP contribution in [0.1, 0.15) is 31.1 Å². The Hall–Kier alpha value is -1.46. The summed E-state index contributed by atoms with van der Waals surface area (Å²) >= 11 is 0. The van der Waals surface area contributed by atoms with Gasteiger partial charge in [0.25, 0.3) is 0 Å². The van der Waals surface area contributed by atoms with E-state index in [0.717, 1.165) is 0 Å². The van der Waals surface area contributed by atoms with Gasteiger partial charge in [0.15, 0.2) is 0 Å². The molecule has 0 aliphatic heterocycles. The number of esters is 1. The van der Waals surface area contributed by atoms with E-state index in [9.17, 15) is 14.3 Å². The zero-order chi connectivity index (χ0) is 15.1. The third kappa shape index (κ3) is 4.90. The van der Waals surface area contributed by atoms with E-state index in [1.165, 1.54) is 12.1 Å². The van der Waals surface area contributed by atoms with E-state index in [4.69, 9.17) is 4.74 Å². The minimum Gasteiger partial charge on any atom is -0.465 e. The van der Waals surface area contributed by atoms with Crippen LogP contribution in [-0.2, 0) is 9.53 Å². The highest BCUT2D eigenvalue weighted by atomic mass is 19.1. The molecular weight excluding hydrogens is 261 g/mol. The van der Waals surface area contributed by atoms with Gasteiger partial charge in [0, 0.05) is 6.54 Å². The van der Waals surface area contributed by atoms with Gasteiger partial charge in [-0.2, -0.15) is 0 Å². The zero-order valence-electron chi connectivity index (χ0n) is 12.2. The minimum absolute atomic E-state index is 0.141. The third-order valence-corrected chi connectivity index (χ3v) is 3.13. The van der Waals surface area contributed by atoms with Crippen LogP contribution in [0.25, 0.3) is 0 Å². The number of carbonyl (C=O) groups is 1. The van der Waals surface area contributed by atoms with Crippen molar-refractivity contribution in [1.82, 2.24) is 4.90 Å². The Kier molecular flexibility index (Phi) is 6.61. The monoisotopic (exact) mass is 283 g/mol. The lowest BCUT2D eigenvalue weighted by Gasteiger charge is -2.23. The summed E-state index contributed by atoms with van der Waals surface area (Å²) < 4.78 is 17.9. The number of hydrogen-bond donors (Lipinski definition) is 1. The average molecular weight is 283 g/mol. The van der Waals surface area contributed by atoms with E-state index in [1.54, 1.807) is 24.8 Å². The van der Waals surface area contributed by atoms with Crippen molar-refractivity contribution < 1.29 is 19.0 Å². The first kappa shape index (κ1) is 16.6. The first-order valence-electron chi connectivity index (χ1n) is 6.80. The maximum absolute atomic E-state index is 13.0. The second-order valence-electron chi connectivity index (χ2n) is 4.65. The third-order valence-electron chi connectivity index (χ3n) is 3.13. The Labute approximate surface area is 119 Å². The van der Waals surface area contributed by atoms with Gasteiger partial charge in [-0.15, -0.1) is 0 Å². The van der Waals surface area contributed by atoms with Crippen molar-refractivity contribution in [1.29, 1.82) is 0 Å². The molecule has 1 atom stereocenters. The molecule has 1 unspecified atom stereocenters. The fourth-order valence-corrected chi connectivity index (χ4v) is 2.05. The zero-order valence-corrected chi connectivity index (χ0v) is 12.2. The molecule has 1 N–H and O–H groups in total. The molecule has 4 nitrogen and oxygen atoms in total. The van der Waals surface area contributed by atoms with Crippen LogP contribution in [0.5, 0.6) is 0 Å². The van der Waals surface area contributed by atoms with Gasteiger partial charge in [-0.05, 0) is 43.7 Å². The van der Waals surface area contributed by atoms with Crippen LogP contribution in [0.3, 0.4) is 0 Å². The lowest BCUT2D eigenvalue weighted by atomic mass is 10.0. The molecule has 1 rings (SSSR count). The fraction of sp³-hybridized carbons (Fsp3) is 0.533. The van der Waals surface area contributed by atoms with Crippen molar-refractivity contribution in [3.63, 3.8) is 0 Å². The molecule has 5 heteroatoms. The molecule has 0 aliphatic carbocycles. The van der Waals surface area contributed by atoms with Crippen LogP contribution in [0.2, 0.25) is 0 Å².